The van der Waals surface area contributed by atoms with Crippen molar-refractivity contribution in [3.63, 3.8) is 0 Å². The number of carbonyl (C=O) groups excluding carboxylic acids is 3. The van der Waals surface area contributed by atoms with Crippen LogP contribution in [-0.2, 0) is 14.4 Å². The van der Waals surface area contributed by atoms with Crippen LogP contribution < -0.4 is 10.2 Å². The number of carbonyl (C=O) groups is 3. The highest BCUT2D eigenvalue weighted by Gasteiger charge is 2.43. The van der Waals surface area contributed by atoms with Gasteiger partial charge < -0.3 is 10.2 Å². The summed E-state index contributed by atoms with van der Waals surface area (Å²) >= 11 is 0. The first-order chi connectivity index (χ1) is 14.9. The Morgan fingerprint density at radius 1 is 0.903 bits per heavy atom. The normalized spacial score (nSPS) is 16.9. The molecule has 2 heterocycles. The van der Waals surface area contributed by atoms with Crippen LogP contribution >= 0.6 is 0 Å². The van der Waals surface area contributed by atoms with E-state index in [2.05, 4.69) is 10.2 Å². The predicted octanol–water partition coefficient (Wildman–Crippen LogP) is 4.03. The Hall–Kier alpha value is -3.41. The minimum absolute atomic E-state index is 0.158. The first kappa shape index (κ1) is 20.8. The van der Waals surface area contributed by atoms with Gasteiger partial charge in [-0.05, 0) is 62.4 Å². The number of imide groups is 1. The van der Waals surface area contributed by atoms with Crippen LogP contribution in [0.15, 0.2) is 48.2 Å². The second-order valence-corrected chi connectivity index (χ2v) is 8.27. The van der Waals surface area contributed by atoms with Crippen molar-refractivity contribution < 1.29 is 14.4 Å². The van der Waals surface area contributed by atoms with Gasteiger partial charge in [0, 0.05) is 25.7 Å². The highest BCUT2D eigenvalue weighted by molar-refractivity contribution is 6.45. The Morgan fingerprint density at radius 2 is 1.58 bits per heavy atom. The van der Waals surface area contributed by atoms with Gasteiger partial charge in [-0.1, -0.05) is 29.8 Å². The van der Waals surface area contributed by atoms with Crippen molar-refractivity contribution in [3.8, 4) is 0 Å². The average Bonchev–Trinajstić information content (AvgIpc) is 2.99. The number of anilines is 2. The van der Waals surface area contributed by atoms with Gasteiger partial charge in [0.05, 0.1) is 11.3 Å². The third-order valence-electron chi connectivity index (χ3n) is 5.82. The molecule has 0 saturated carbocycles. The fourth-order valence-corrected chi connectivity index (χ4v) is 4.39. The molecule has 31 heavy (non-hydrogen) atoms. The Balaban J connectivity index is 1.79. The third-order valence-corrected chi connectivity index (χ3v) is 5.82. The van der Waals surface area contributed by atoms with Gasteiger partial charge in [0.15, 0.2) is 0 Å². The van der Waals surface area contributed by atoms with Crippen molar-refractivity contribution in [1.29, 1.82) is 0 Å². The summed E-state index contributed by atoms with van der Waals surface area (Å²) in [4.78, 5) is 41.9. The smallest absolute Gasteiger partial charge is 0.282 e. The Labute approximate surface area is 182 Å². The zero-order valence-electron chi connectivity index (χ0n) is 18.2. The molecule has 2 aliphatic heterocycles. The largest absolute Gasteiger partial charge is 0.366 e. The summed E-state index contributed by atoms with van der Waals surface area (Å²) < 4.78 is 0. The van der Waals surface area contributed by atoms with Crippen LogP contribution in [-0.4, -0.2) is 35.7 Å². The maximum absolute atomic E-state index is 13.6. The van der Waals surface area contributed by atoms with Gasteiger partial charge in [-0.3, -0.25) is 14.4 Å². The van der Waals surface area contributed by atoms with Gasteiger partial charge in [-0.2, -0.15) is 0 Å². The molecule has 0 unspecified atom stereocenters. The zero-order chi connectivity index (χ0) is 22.1. The van der Waals surface area contributed by atoms with Gasteiger partial charge in [-0.25, -0.2) is 4.90 Å². The summed E-state index contributed by atoms with van der Waals surface area (Å²) in [5.74, 6) is -0.723. The fraction of sp³-hybridized carbons (Fsp3) is 0.320. The van der Waals surface area contributed by atoms with Gasteiger partial charge in [0.1, 0.15) is 5.70 Å². The number of aryl methyl sites for hydroxylation is 2. The lowest BCUT2D eigenvalue weighted by atomic mass is 10.0. The lowest BCUT2D eigenvalue weighted by molar-refractivity contribution is -0.121. The van der Waals surface area contributed by atoms with Crippen molar-refractivity contribution in [2.24, 2.45) is 0 Å². The summed E-state index contributed by atoms with van der Waals surface area (Å²) in [6, 6.07) is 12.9. The number of piperidine rings is 1. The molecule has 6 nitrogen and oxygen atoms in total. The number of likely N-dealkylation sites (tertiary alicyclic amines) is 1. The van der Waals surface area contributed by atoms with Crippen molar-refractivity contribution >= 4 is 34.7 Å². The van der Waals surface area contributed by atoms with E-state index >= 15 is 0 Å². The number of rotatable bonds is 4. The Bertz CT molecular complexity index is 1080. The number of amides is 3. The zero-order valence-corrected chi connectivity index (χ0v) is 18.2. The van der Waals surface area contributed by atoms with Crippen LogP contribution in [0.5, 0.6) is 0 Å². The van der Waals surface area contributed by atoms with E-state index in [1.807, 2.05) is 32.0 Å². The molecule has 1 saturated heterocycles. The minimum Gasteiger partial charge on any atom is -0.366 e. The first-order valence-electron chi connectivity index (χ1n) is 10.7. The monoisotopic (exact) mass is 417 g/mol. The van der Waals surface area contributed by atoms with Gasteiger partial charge in [0.25, 0.3) is 11.8 Å². The topological polar surface area (TPSA) is 69.7 Å². The molecule has 160 valence electrons. The fourth-order valence-electron chi connectivity index (χ4n) is 4.39. The highest BCUT2D eigenvalue weighted by Crippen LogP contribution is 2.37. The number of hydrogen-bond acceptors (Lipinski definition) is 4. The molecule has 0 aliphatic carbocycles. The molecular weight excluding hydrogens is 390 g/mol. The quantitative estimate of drug-likeness (QED) is 0.763. The van der Waals surface area contributed by atoms with E-state index in [1.165, 1.54) is 11.8 Å². The SMILES string of the molecule is CC(=O)Nc1ccc(C2=C(N3CCCCC3)C(=O)N(c3ccc(C)cc3C)C2=O)cc1. The maximum atomic E-state index is 13.6. The summed E-state index contributed by atoms with van der Waals surface area (Å²) in [5.41, 5.74) is 4.85. The average molecular weight is 418 g/mol. The molecule has 0 bridgehead atoms. The second-order valence-electron chi connectivity index (χ2n) is 8.27. The molecule has 6 heteroatoms. The molecule has 2 aromatic rings. The van der Waals surface area contributed by atoms with Crippen molar-refractivity contribution in [3.05, 3.63) is 64.9 Å². The molecule has 2 aromatic carbocycles. The Kier molecular flexibility index (Phi) is 5.63. The molecule has 1 fully saturated rings. The molecule has 1 N–H and O–H groups in total. The van der Waals surface area contributed by atoms with Crippen LogP contribution in [0, 0.1) is 13.8 Å². The van der Waals surface area contributed by atoms with Gasteiger partial charge in [0.2, 0.25) is 5.91 Å². The predicted molar refractivity (Wildman–Crippen MR) is 121 cm³/mol. The Morgan fingerprint density at radius 3 is 2.19 bits per heavy atom. The van der Waals surface area contributed by atoms with E-state index in [4.69, 9.17) is 0 Å². The molecular formula is C25H27N3O3. The standard InChI is InChI=1S/C25H27N3O3/c1-16-7-12-21(17(2)15-16)28-24(30)22(19-8-10-20(11-9-19)26-18(3)29)23(25(28)31)27-13-5-4-6-14-27/h7-12,15H,4-6,13-14H2,1-3H3,(H,26,29). The maximum Gasteiger partial charge on any atom is 0.282 e. The lowest BCUT2D eigenvalue weighted by Gasteiger charge is -2.29. The molecule has 3 amide bonds. The number of benzene rings is 2. The molecule has 0 spiro atoms. The summed E-state index contributed by atoms with van der Waals surface area (Å²) in [5, 5.41) is 2.74. The molecule has 0 aromatic heterocycles. The van der Waals surface area contributed by atoms with Crippen LogP contribution in [0.1, 0.15) is 42.9 Å². The van der Waals surface area contributed by atoms with E-state index < -0.39 is 0 Å². The summed E-state index contributed by atoms with van der Waals surface area (Å²) in [6.45, 7) is 6.89. The molecule has 2 aliphatic rings. The van der Waals surface area contributed by atoms with E-state index in [1.54, 1.807) is 24.3 Å². The van der Waals surface area contributed by atoms with E-state index in [0.717, 1.165) is 43.5 Å². The highest BCUT2D eigenvalue weighted by atomic mass is 16.2. The van der Waals surface area contributed by atoms with E-state index in [-0.39, 0.29) is 17.7 Å². The third kappa shape index (κ3) is 3.98. The summed E-state index contributed by atoms with van der Waals surface area (Å²) in [6.07, 6.45) is 3.14. The molecule has 0 radical (unpaired) electrons. The van der Waals surface area contributed by atoms with Crippen molar-refractivity contribution in [1.82, 2.24) is 4.90 Å². The molecule has 0 atom stereocenters. The molecule has 4 rings (SSSR count). The second kappa shape index (κ2) is 8.38. The number of nitrogens with one attached hydrogen (secondary N) is 1. The van der Waals surface area contributed by atoms with Gasteiger partial charge >= 0.3 is 0 Å². The van der Waals surface area contributed by atoms with Crippen molar-refractivity contribution in [2.45, 2.75) is 40.0 Å². The van der Waals surface area contributed by atoms with Crippen LogP contribution in [0.25, 0.3) is 5.57 Å². The van der Waals surface area contributed by atoms with Crippen LogP contribution in [0.4, 0.5) is 11.4 Å². The number of hydrogen-bond donors (Lipinski definition) is 1. The number of nitrogens with zero attached hydrogens (tertiary/aromatic N) is 2. The summed E-state index contributed by atoms with van der Waals surface area (Å²) in [7, 11) is 0. The van der Waals surface area contributed by atoms with E-state index in [9.17, 15) is 14.4 Å². The minimum atomic E-state index is -0.301. The van der Waals surface area contributed by atoms with Crippen LogP contribution in [0.2, 0.25) is 0 Å². The van der Waals surface area contributed by atoms with E-state index in [0.29, 0.717) is 28.2 Å². The van der Waals surface area contributed by atoms with Crippen LogP contribution in [0.3, 0.4) is 0 Å². The first-order valence-corrected chi connectivity index (χ1v) is 10.7. The van der Waals surface area contributed by atoms with Gasteiger partial charge in [-0.15, -0.1) is 0 Å². The van der Waals surface area contributed by atoms with Crippen molar-refractivity contribution in [2.75, 3.05) is 23.3 Å². The lowest BCUT2D eigenvalue weighted by Crippen LogP contribution is -2.37.